The zero-order valence-electron chi connectivity index (χ0n) is 16.4. The minimum Gasteiger partial charge on any atom is -0.407 e. The molecule has 0 aliphatic rings. The summed E-state index contributed by atoms with van der Waals surface area (Å²) in [6, 6.07) is 20.8. The van der Waals surface area contributed by atoms with E-state index in [0.717, 1.165) is 0 Å². The largest absolute Gasteiger partial charge is 0.407 e. The van der Waals surface area contributed by atoms with Crippen LogP contribution in [-0.4, -0.2) is 37.3 Å². The van der Waals surface area contributed by atoms with Gasteiger partial charge in [0.05, 0.1) is 6.10 Å². The predicted octanol–water partition coefficient (Wildman–Crippen LogP) is 2.70. The molecule has 0 aliphatic heterocycles. The van der Waals surface area contributed by atoms with Gasteiger partial charge in [0.15, 0.2) is 0 Å². The number of aliphatic hydroxyl groups is 2. The highest BCUT2D eigenvalue weighted by Crippen LogP contribution is 2.36. The van der Waals surface area contributed by atoms with Crippen molar-refractivity contribution in [1.29, 1.82) is 0 Å². The summed E-state index contributed by atoms with van der Waals surface area (Å²) in [6.07, 6.45) is 4.18. The number of hydrogen-bond donors (Lipinski definition) is 2. The van der Waals surface area contributed by atoms with Gasteiger partial charge in [0.1, 0.15) is 6.10 Å². The Bertz CT molecular complexity index is 692. The molecule has 4 heteroatoms. The number of rotatable bonds is 8. The minimum atomic E-state index is -2.58. The van der Waals surface area contributed by atoms with Crippen LogP contribution in [0.1, 0.15) is 33.6 Å². The number of hydrogen-bond acceptors (Lipinski definition) is 3. The third-order valence-corrected chi connectivity index (χ3v) is 9.92. The topological polar surface area (TPSA) is 49.7 Å². The first kappa shape index (κ1) is 21.4. The van der Waals surface area contributed by atoms with Crippen LogP contribution in [0.5, 0.6) is 0 Å². The van der Waals surface area contributed by atoms with Gasteiger partial charge in [-0.05, 0) is 21.8 Å². The van der Waals surface area contributed by atoms with Crippen molar-refractivity contribution in [2.75, 3.05) is 6.61 Å². The fraction of sp³-hybridized carbons (Fsp3) is 0.391. The van der Waals surface area contributed by atoms with Gasteiger partial charge < -0.3 is 14.6 Å². The van der Waals surface area contributed by atoms with E-state index >= 15 is 0 Å². The highest BCUT2D eigenvalue weighted by Gasteiger charge is 2.50. The van der Waals surface area contributed by atoms with E-state index in [1.54, 1.807) is 0 Å². The van der Waals surface area contributed by atoms with Crippen molar-refractivity contribution in [1.82, 2.24) is 0 Å². The van der Waals surface area contributed by atoms with E-state index in [0.29, 0.717) is 13.0 Å². The summed E-state index contributed by atoms with van der Waals surface area (Å²) in [4.78, 5) is 0. The van der Waals surface area contributed by atoms with Crippen LogP contribution in [0.25, 0.3) is 0 Å². The second kappa shape index (κ2) is 9.34. The van der Waals surface area contributed by atoms with E-state index in [2.05, 4.69) is 51.0 Å². The molecule has 0 amide bonds. The lowest BCUT2D eigenvalue weighted by Crippen LogP contribution is -2.66. The monoisotopic (exact) mass is 382 g/mol. The van der Waals surface area contributed by atoms with Gasteiger partial charge in [-0.2, -0.15) is 0 Å². The molecule has 2 aromatic rings. The molecule has 0 saturated heterocycles. The van der Waals surface area contributed by atoms with Crippen LogP contribution in [0.4, 0.5) is 0 Å². The molecule has 0 unspecified atom stereocenters. The maximum absolute atomic E-state index is 10.2. The number of terminal acetylenes is 1. The molecule has 0 radical (unpaired) electrons. The summed E-state index contributed by atoms with van der Waals surface area (Å²) in [6.45, 7) is 7.07. The smallest absolute Gasteiger partial charge is 0.261 e. The summed E-state index contributed by atoms with van der Waals surface area (Å²) in [5, 5.41) is 22.0. The number of aliphatic hydroxyl groups excluding tert-OH is 2. The zero-order chi connectivity index (χ0) is 19.9. The zero-order valence-corrected chi connectivity index (χ0v) is 17.4. The Morgan fingerprint density at radius 2 is 1.44 bits per heavy atom. The van der Waals surface area contributed by atoms with Gasteiger partial charge in [-0.15, -0.1) is 6.42 Å². The van der Waals surface area contributed by atoms with E-state index in [1.807, 2.05) is 36.4 Å². The Labute approximate surface area is 164 Å². The van der Waals surface area contributed by atoms with Gasteiger partial charge in [-0.1, -0.05) is 87.4 Å². The maximum Gasteiger partial charge on any atom is 0.261 e. The van der Waals surface area contributed by atoms with Crippen LogP contribution < -0.4 is 10.4 Å². The Balaban J connectivity index is 2.34. The number of benzene rings is 2. The molecule has 0 heterocycles. The van der Waals surface area contributed by atoms with Gasteiger partial charge in [0.25, 0.3) is 8.32 Å². The molecular formula is C23H30O3Si. The third kappa shape index (κ3) is 5.09. The van der Waals surface area contributed by atoms with Crippen molar-refractivity contribution in [2.24, 2.45) is 0 Å². The quantitative estimate of drug-likeness (QED) is 0.545. The first-order valence-electron chi connectivity index (χ1n) is 9.38. The maximum atomic E-state index is 10.2. The van der Waals surface area contributed by atoms with Crippen molar-refractivity contribution in [2.45, 2.75) is 50.9 Å². The SMILES string of the molecule is C#C[C@H](O)C[C@H](O)CCO[Si](c1ccccc1)(c1ccccc1)C(C)(C)C. The lowest BCUT2D eigenvalue weighted by molar-refractivity contribution is 0.0875. The molecule has 27 heavy (non-hydrogen) atoms. The highest BCUT2D eigenvalue weighted by atomic mass is 28.4. The molecule has 0 saturated carbocycles. The highest BCUT2D eigenvalue weighted by molar-refractivity contribution is 6.99. The van der Waals surface area contributed by atoms with E-state index in [1.165, 1.54) is 10.4 Å². The Morgan fingerprint density at radius 3 is 1.85 bits per heavy atom. The average molecular weight is 383 g/mol. The van der Waals surface area contributed by atoms with Gasteiger partial charge in [0, 0.05) is 13.0 Å². The van der Waals surface area contributed by atoms with Crippen LogP contribution in [0.15, 0.2) is 60.7 Å². The average Bonchev–Trinajstić information content (AvgIpc) is 2.65. The Kier molecular flexibility index (Phi) is 7.40. The Morgan fingerprint density at radius 1 is 0.963 bits per heavy atom. The van der Waals surface area contributed by atoms with E-state index in [9.17, 15) is 10.2 Å². The normalized spacial score (nSPS) is 14.4. The summed E-state index contributed by atoms with van der Waals surface area (Å²) < 4.78 is 6.70. The standard InChI is InChI=1S/C23H30O3Si/c1-5-19(24)18-20(25)16-17-26-27(23(2,3)4,21-12-8-6-9-13-21)22-14-10-7-11-15-22/h1,6-15,19-20,24-25H,16-18H2,2-4H3/t19-,20+/m0/s1. The molecule has 2 atom stereocenters. The molecule has 0 spiro atoms. The van der Waals surface area contributed by atoms with E-state index in [4.69, 9.17) is 10.8 Å². The van der Waals surface area contributed by atoms with Crippen molar-refractivity contribution in [3.8, 4) is 12.3 Å². The molecule has 0 fully saturated rings. The fourth-order valence-electron chi connectivity index (χ4n) is 3.55. The lowest BCUT2D eigenvalue weighted by atomic mass is 10.1. The van der Waals surface area contributed by atoms with E-state index in [-0.39, 0.29) is 11.5 Å². The molecule has 2 aromatic carbocycles. The van der Waals surface area contributed by atoms with Gasteiger partial charge in [-0.3, -0.25) is 0 Å². The van der Waals surface area contributed by atoms with Gasteiger partial charge in [0.2, 0.25) is 0 Å². The Hall–Kier alpha value is -1.90. The van der Waals surface area contributed by atoms with Crippen LogP contribution in [0.3, 0.4) is 0 Å². The molecule has 144 valence electrons. The summed E-state index contributed by atoms with van der Waals surface area (Å²) in [5.74, 6) is 2.24. The molecule has 0 aliphatic carbocycles. The molecular weight excluding hydrogens is 352 g/mol. The van der Waals surface area contributed by atoms with Crippen molar-refractivity contribution in [3.05, 3.63) is 60.7 Å². The van der Waals surface area contributed by atoms with E-state index < -0.39 is 20.5 Å². The fourth-order valence-corrected chi connectivity index (χ4v) is 8.13. The predicted molar refractivity (Wildman–Crippen MR) is 114 cm³/mol. The van der Waals surface area contributed by atoms with Crippen molar-refractivity contribution in [3.63, 3.8) is 0 Å². The van der Waals surface area contributed by atoms with Crippen molar-refractivity contribution < 1.29 is 14.6 Å². The first-order chi connectivity index (χ1) is 12.8. The van der Waals surface area contributed by atoms with Crippen LogP contribution >= 0.6 is 0 Å². The van der Waals surface area contributed by atoms with Gasteiger partial charge >= 0.3 is 0 Å². The summed E-state index contributed by atoms with van der Waals surface area (Å²) in [7, 11) is -2.58. The molecule has 2 N–H and O–H groups in total. The molecule has 3 nitrogen and oxygen atoms in total. The van der Waals surface area contributed by atoms with Crippen LogP contribution in [0, 0.1) is 12.3 Å². The van der Waals surface area contributed by atoms with Gasteiger partial charge in [-0.25, -0.2) is 0 Å². The second-order valence-corrected chi connectivity index (χ2v) is 12.2. The molecule has 2 rings (SSSR count). The molecule has 0 aromatic heterocycles. The first-order valence-corrected chi connectivity index (χ1v) is 11.3. The summed E-state index contributed by atoms with van der Waals surface area (Å²) in [5.41, 5.74) is 0. The van der Waals surface area contributed by atoms with Crippen LogP contribution in [-0.2, 0) is 4.43 Å². The van der Waals surface area contributed by atoms with Crippen molar-refractivity contribution >= 4 is 18.7 Å². The minimum absolute atomic E-state index is 0.0982. The molecule has 0 bridgehead atoms. The lowest BCUT2D eigenvalue weighted by Gasteiger charge is -2.43. The second-order valence-electron chi connectivity index (χ2n) is 7.87. The van der Waals surface area contributed by atoms with Crippen LogP contribution in [0.2, 0.25) is 5.04 Å². The summed E-state index contributed by atoms with van der Waals surface area (Å²) >= 11 is 0. The third-order valence-electron chi connectivity index (χ3n) is 4.87.